The summed E-state index contributed by atoms with van der Waals surface area (Å²) in [6.45, 7) is 2.46. The summed E-state index contributed by atoms with van der Waals surface area (Å²) < 4.78 is 0. The smallest absolute Gasteiger partial charge is 0.0198 e. The highest BCUT2D eigenvalue weighted by atomic mass is 15.0. The molecule has 3 unspecified atom stereocenters. The molecule has 1 heterocycles. The van der Waals surface area contributed by atoms with Crippen molar-refractivity contribution in [3.63, 3.8) is 0 Å². The molecule has 3 rings (SSSR count). The maximum atomic E-state index is 3.83. The number of rotatable bonds is 5. The van der Waals surface area contributed by atoms with Crippen LogP contribution >= 0.6 is 0 Å². The third-order valence-electron chi connectivity index (χ3n) is 4.76. The van der Waals surface area contributed by atoms with Crippen molar-refractivity contribution in [2.75, 3.05) is 13.1 Å². The first-order valence-corrected chi connectivity index (χ1v) is 7.38. The van der Waals surface area contributed by atoms with Gasteiger partial charge in [-0.3, -0.25) is 0 Å². The van der Waals surface area contributed by atoms with Crippen LogP contribution in [0.2, 0.25) is 0 Å². The Morgan fingerprint density at radius 3 is 2.75 bits per heavy atom. The normalized spacial score (nSPS) is 38.6. The van der Waals surface area contributed by atoms with Crippen molar-refractivity contribution in [1.82, 2.24) is 10.6 Å². The third-order valence-corrected chi connectivity index (χ3v) is 4.76. The second kappa shape index (κ2) is 5.05. The Kier molecular flexibility index (Phi) is 3.49. The highest BCUT2D eigenvalue weighted by molar-refractivity contribution is 4.93. The van der Waals surface area contributed by atoms with E-state index in [0.717, 1.165) is 23.9 Å². The number of fused-ring (bicyclic) bond motifs is 1. The second-order valence-electron chi connectivity index (χ2n) is 6.19. The summed E-state index contributed by atoms with van der Waals surface area (Å²) in [5.74, 6) is 2.08. The van der Waals surface area contributed by atoms with Crippen LogP contribution in [0.5, 0.6) is 0 Å². The summed E-state index contributed by atoms with van der Waals surface area (Å²) in [6.07, 6.45) is 11.7. The Morgan fingerprint density at radius 2 is 1.94 bits per heavy atom. The molecule has 3 aliphatic rings. The van der Waals surface area contributed by atoms with Gasteiger partial charge in [0.1, 0.15) is 0 Å². The van der Waals surface area contributed by atoms with Gasteiger partial charge in [0.05, 0.1) is 0 Å². The van der Waals surface area contributed by atoms with E-state index in [9.17, 15) is 0 Å². The van der Waals surface area contributed by atoms with Crippen LogP contribution in [0.15, 0.2) is 0 Å². The van der Waals surface area contributed by atoms with E-state index in [1.165, 1.54) is 64.5 Å². The molecule has 0 spiro atoms. The molecule has 2 nitrogen and oxygen atoms in total. The van der Waals surface area contributed by atoms with Gasteiger partial charge in [0.25, 0.3) is 0 Å². The van der Waals surface area contributed by atoms with Crippen molar-refractivity contribution < 1.29 is 0 Å². The second-order valence-corrected chi connectivity index (χ2v) is 6.19. The van der Waals surface area contributed by atoms with Crippen molar-refractivity contribution in [3.05, 3.63) is 0 Å². The molecule has 2 aliphatic carbocycles. The molecule has 2 saturated carbocycles. The van der Waals surface area contributed by atoms with Gasteiger partial charge in [-0.2, -0.15) is 0 Å². The highest BCUT2D eigenvalue weighted by Crippen LogP contribution is 2.33. The van der Waals surface area contributed by atoms with Gasteiger partial charge in [0, 0.05) is 18.6 Å². The summed E-state index contributed by atoms with van der Waals surface area (Å²) in [5.41, 5.74) is 0. The van der Waals surface area contributed by atoms with Crippen molar-refractivity contribution in [2.45, 2.75) is 63.5 Å². The van der Waals surface area contributed by atoms with E-state index in [2.05, 4.69) is 10.6 Å². The molecule has 16 heavy (non-hydrogen) atoms. The predicted molar refractivity (Wildman–Crippen MR) is 67.5 cm³/mol. The quantitative estimate of drug-likeness (QED) is 0.698. The molecular weight excluding hydrogens is 196 g/mol. The third kappa shape index (κ3) is 2.78. The van der Waals surface area contributed by atoms with Crippen molar-refractivity contribution in [1.29, 1.82) is 0 Å². The van der Waals surface area contributed by atoms with Crippen LogP contribution in [0.3, 0.4) is 0 Å². The molecule has 2 heteroatoms. The van der Waals surface area contributed by atoms with Gasteiger partial charge in [-0.05, 0) is 44.1 Å². The minimum absolute atomic E-state index is 0.771. The Bertz CT molecular complexity index is 211. The molecule has 0 aromatic heterocycles. The van der Waals surface area contributed by atoms with Gasteiger partial charge < -0.3 is 10.6 Å². The first kappa shape index (κ1) is 11.0. The fourth-order valence-corrected chi connectivity index (χ4v) is 3.58. The van der Waals surface area contributed by atoms with E-state index in [1.54, 1.807) is 0 Å². The first-order valence-electron chi connectivity index (χ1n) is 7.38. The first-order chi connectivity index (χ1) is 7.92. The van der Waals surface area contributed by atoms with Crippen LogP contribution in [-0.4, -0.2) is 25.2 Å². The standard InChI is InChI=1S/C14H26N2/c1-2-4-14-12(3-1)9-13(16-14)10-15-8-7-11-5-6-11/h11-16H,1-10H2. The molecule has 1 saturated heterocycles. The lowest BCUT2D eigenvalue weighted by Gasteiger charge is -2.24. The van der Waals surface area contributed by atoms with Crippen LogP contribution in [0, 0.1) is 11.8 Å². The van der Waals surface area contributed by atoms with E-state index in [0.29, 0.717) is 0 Å². The average Bonchev–Trinajstić information content (AvgIpc) is 3.03. The van der Waals surface area contributed by atoms with E-state index in [4.69, 9.17) is 0 Å². The van der Waals surface area contributed by atoms with Gasteiger partial charge in [0.15, 0.2) is 0 Å². The summed E-state index contributed by atoms with van der Waals surface area (Å²) >= 11 is 0. The highest BCUT2D eigenvalue weighted by Gasteiger charge is 2.34. The van der Waals surface area contributed by atoms with Crippen molar-refractivity contribution >= 4 is 0 Å². The Hall–Kier alpha value is -0.0800. The lowest BCUT2D eigenvalue weighted by molar-refractivity contribution is 0.325. The Balaban J connectivity index is 1.33. The molecule has 3 atom stereocenters. The van der Waals surface area contributed by atoms with Crippen LogP contribution in [0.1, 0.15) is 51.4 Å². The zero-order valence-electron chi connectivity index (χ0n) is 10.4. The van der Waals surface area contributed by atoms with Gasteiger partial charge in [-0.1, -0.05) is 25.7 Å². The van der Waals surface area contributed by atoms with E-state index in [-0.39, 0.29) is 0 Å². The minimum atomic E-state index is 0.771. The van der Waals surface area contributed by atoms with Crippen molar-refractivity contribution in [2.24, 2.45) is 11.8 Å². The lowest BCUT2D eigenvalue weighted by atomic mass is 9.85. The molecule has 0 bridgehead atoms. The summed E-state index contributed by atoms with van der Waals surface area (Å²) in [7, 11) is 0. The minimum Gasteiger partial charge on any atom is -0.315 e. The van der Waals surface area contributed by atoms with Gasteiger partial charge in [0.2, 0.25) is 0 Å². The van der Waals surface area contributed by atoms with Gasteiger partial charge >= 0.3 is 0 Å². The SMILES string of the molecule is C1CCC2NC(CNCCC3CC3)CC2C1. The monoisotopic (exact) mass is 222 g/mol. The molecule has 0 amide bonds. The Labute approximate surface area is 99.6 Å². The fraction of sp³-hybridized carbons (Fsp3) is 1.00. The summed E-state index contributed by atoms with van der Waals surface area (Å²) in [5, 5.41) is 7.48. The van der Waals surface area contributed by atoms with Gasteiger partial charge in [-0.25, -0.2) is 0 Å². The van der Waals surface area contributed by atoms with E-state index in [1.807, 2.05) is 0 Å². The topological polar surface area (TPSA) is 24.1 Å². The zero-order valence-corrected chi connectivity index (χ0v) is 10.4. The fourth-order valence-electron chi connectivity index (χ4n) is 3.58. The molecule has 0 radical (unpaired) electrons. The summed E-state index contributed by atoms with van der Waals surface area (Å²) in [6, 6.07) is 1.64. The number of hydrogen-bond donors (Lipinski definition) is 2. The number of hydrogen-bond acceptors (Lipinski definition) is 2. The van der Waals surface area contributed by atoms with Crippen LogP contribution in [0.4, 0.5) is 0 Å². The van der Waals surface area contributed by atoms with Crippen LogP contribution in [-0.2, 0) is 0 Å². The Morgan fingerprint density at radius 1 is 1.06 bits per heavy atom. The molecule has 0 aromatic rings. The maximum absolute atomic E-state index is 3.83. The van der Waals surface area contributed by atoms with Crippen LogP contribution < -0.4 is 10.6 Å². The molecule has 92 valence electrons. The van der Waals surface area contributed by atoms with E-state index < -0.39 is 0 Å². The number of nitrogens with one attached hydrogen (secondary N) is 2. The molecule has 0 aromatic carbocycles. The molecule has 3 fully saturated rings. The lowest BCUT2D eigenvalue weighted by Crippen LogP contribution is -2.38. The molecule has 1 aliphatic heterocycles. The maximum Gasteiger partial charge on any atom is 0.0198 e. The predicted octanol–water partition coefficient (Wildman–Crippen LogP) is 2.30. The van der Waals surface area contributed by atoms with Crippen LogP contribution in [0.25, 0.3) is 0 Å². The van der Waals surface area contributed by atoms with Gasteiger partial charge in [-0.15, -0.1) is 0 Å². The van der Waals surface area contributed by atoms with E-state index >= 15 is 0 Å². The average molecular weight is 222 g/mol. The largest absolute Gasteiger partial charge is 0.315 e. The molecule has 2 N–H and O–H groups in total. The zero-order chi connectivity index (χ0) is 10.8. The van der Waals surface area contributed by atoms with Crippen molar-refractivity contribution in [3.8, 4) is 0 Å². The summed E-state index contributed by atoms with van der Waals surface area (Å²) in [4.78, 5) is 0. The molecular formula is C14H26N2.